The molecule has 1 fully saturated rings. The third-order valence-corrected chi connectivity index (χ3v) is 4.51. The molecule has 0 heterocycles. The first kappa shape index (κ1) is 12.3. The molecule has 1 N–H and O–H groups in total. The Morgan fingerprint density at radius 1 is 1.50 bits per heavy atom. The molecule has 1 aliphatic rings. The van der Waals surface area contributed by atoms with Crippen molar-refractivity contribution in [3.05, 3.63) is 33.0 Å². The predicted molar refractivity (Wildman–Crippen MR) is 66.0 cm³/mol. The van der Waals surface area contributed by atoms with Gasteiger partial charge in [-0.2, -0.15) is 0 Å². The second-order valence-corrected chi connectivity index (χ2v) is 5.64. The van der Waals surface area contributed by atoms with Gasteiger partial charge in [-0.25, -0.2) is 4.39 Å². The van der Waals surface area contributed by atoms with Crippen molar-refractivity contribution in [2.45, 2.75) is 25.9 Å². The van der Waals surface area contributed by atoms with Gasteiger partial charge in [0, 0.05) is 10.0 Å². The third kappa shape index (κ3) is 2.27. The molecule has 0 saturated heterocycles. The van der Waals surface area contributed by atoms with Gasteiger partial charge in [-0.05, 0) is 46.7 Å². The molecule has 1 aromatic carbocycles. The largest absolute Gasteiger partial charge is 0.388 e. The van der Waals surface area contributed by atoms with E-state index in [9.17, 15) is 9.50 Å². The van der Waals surface area contributed by atoms with Gasteiger partial charge in [-0.3, -0.25) is 0 Å². The van der Waals surface area contributed by atoms with Gasteiger partial charge in [-0.15, -0.1) is 0 Å². The zero-order chi connectivity index (χ0) is 11.9. The summed E-state index contributed by atoms with van der Waals surface area (Å²) in [5.41, 5.74) is 0.299. The van der Waals surface area contributed by atoms with E-state index in [4.69, 9.17) is 11.6 Å². The molecule has 0 amide bonds. The van der Waals surface area contributed by atoms with Crippen LogP contribution in [0.15, 0.2) is 16.6 Å². The van der Waals surface area contributed by atoms with E-state index < -0.39 is 11.9 Å². The Labute approximate surface area is 108 Å². The lowest BCUT2D eigenvalue weighted by atomic mass is 9.93. The minimum Gasteiger partial charge on any atom is -0.388 e. The second kappa shape index (κ2) is 4.63. The summed E-state index contributed by atoms with van der Waals surface area (Å²) < 4.78 is 14.4. The monoisotopic (exact) mass is 306 g/mol. The van der Waals surface area contributed by atoms with Crippen LogP contribution < -0.4 is 0 Å². The Hall–Kier alpha value is -0.120. The van der Waals surface area contributed by atoms with Crippen LogP contribution in [0.1, 0.15) is 31.4 Å². The normalized spacial score (nSPS) is 19.6. The highest BCUT2D eigenvalue weighted by atomic mass is 79.9. The molecule has 0 radical (unpaired) electrons. The average molecular weight is 308 g/mol. The summed E-state index contributed by atoms with van der Waals surface area (Å²) in [5, 5.41) is 10.1. The van der Waals surface area contributed by atoms with Gasteiger partial charge in [0.05, 0.1) is 11.1 Å². The molecule has 2 unspecified atom stereocenters. The van der Waals surface area contributed by atoms with Crippen molar-refractivity contribution in [2.24, 2.45) is 11.8 Å². The van der Waals surface area contributed by atoms with Crippen LogP contribution >= 0.6 is 27.5 Å². The Morgan fingerprint density at radius 3 is 2.69 bits per heavy atom. The molecule has 4 heteroatoms. The summed E-state index contributed by atoms with van der Waals surface area (Å²) in [5.74, 6) is 0.0969. The minimum absolute atomic E-state index is 0.0412. The number of rotatable bonds is 3. The summed E-state index contributed by atoms with van der Waals surface area (Å²) in [6.45, 7) is 1.96. The number of aliphatic hydroxyl groups is 1. The first-order chi connectivity index (χ1) is 7.52. The van der Waals surface area contributed by atoms with Gasteiger partial charge >= 0.3 is 0 Å². The second-order valence-electron chi connectivity index (χ2n) is 4.41. The molecule has 2 atom stereocenters. The first-order valence-electron chi connectivity index (χ1n) is 5.34. The molecule has 0 aromatic heterocycles. The molecule has 16 heavy (non-hydrogen) atoms. The molecule has 0 bridgehead atoms. The number of hydrogen-bond acceptors (Lipinski definition) is 1. The Balaban J connectivity index is 2.29. The lowest BCUT2D eigenvalue weighted by Crippen LogP contribution is -2.13. The van der Waals surface area contributed by atoms with Crippen molar-refractivity contribution < 1.29 is 9.50 Å². The molecule has 1 aliphatic carbocycles. The third-order valence-electron chi connectivity index (χ3n) is 3.25. The van der Waals surface area contributed by atoms with Crippen molar-refractivity contribution in [3.63, 3.8) is 0 Å². The average Bonchev–Trinajstić information content (AvgIpc) is 3.08. The summed E-state index contributed by atoms with van der Waals surface area (Å²) >= 11 is 8.95. The molecular formula is C12H13BrClFO. The molecule has 88 valence electrons. The van der Waals surface area contributed by atoms with E-state index >= 15 is 0 Å². The molecule has 0 aliphatic heterocycles. The molecule has 1 saturated carbocycles. The summed E-state index contributed by atoms with van der Waals surface area (Å²) in [6, 6.07) is 3.26. The van der Waals surface area contributed by atoms with E-state index in [-0.39, 0.29) is 10.9 Å². The maximum Gasteiger partial charge on any atom is 0.148 e. The van der Waals surface area contributed by atoms with Crippen LogP contribution in [-0.4, -0.2) is 5.11 Å². The Kier molecular flexibility index (Phi) is 3.57. The lowest BCUT2D eigenvalue weighted by Gasteiger charge is -2.19. The molecule has 0 spiro atoms. The van der Waals surface area contributed by atoms with Crippen molar-refractivity contribution in [2.75, 3.05) is 0 Å². The SMILES string of the molecule is CC(C1CC1)C(O)c1ccc(Br)c(Cl)c1F. The van der Waals surface area contributed by atoms with Crippen LogP contribution in [0.4, 0.5) is 4.39 Å². The summed E-state index contributed by atoms with van der Waals surface area (Å²) in [7, 11) is 0. The van der Waals surface area contributed by atoms with Crippen LogP contribution in [0.3, 0.4) is 0 Å². The number of halogens is 3. The standard InChI is InChI=1S/C12H13BrClFO/c1-6(7-2-3-7)12(16)8-4-5-9(13)10(14)11(8)15/h4-7,12,16H,2-3H2,1H3. The summed E-state index contributed by atoms with van der Waals surface area (Å²) in [4.78, 5) is 0. The van der Waals surface area contributed by atoms with Crippen molar-refractivity contribution in [1.29, 1.82) is 0 Å². The van der Waals surface area contributed by atoms with Crippen LogP contribution in [0.2, 0.25) is 5.02 Å². The van der Waals surface area contributed by atoms with Gasteiger partial charge in [-0.1, -0.05) is 24.6 Å². The van der Waals surface area contributed by atoms with Crippen molar-refractivity contribution in [3.8, 4) is 0 Å². The van der Waals surface area contributed by atoms with Crippen molar-refractivity contribution in [1.82, 2.24) is 0 Å². The predicted octanol–water partition coefficient (Wildman–Crippen LogP) is 4.32. The van der Waals surface area contributed by atoms with Gasteiger partial charge < -0.3 is 5.11 Å². The van der Waals surface area contributed by atoms with Gasteiger partial charge in [0.25, 0.3) is 0 Å². The van der Waals surface area contributed by atoms with Crippen LogP contribution in [0, 0.1) is 17.7 Å². The maximum atomic E-state index is 13.8. The van der Waals surface area contributed by atoms with E-state index in [2.05, 4.69) is 15.9 Å². The molecule has 1 nitrogen and oxygen atoms in total. The number of benzene rings is 1. The minimum atomic E-state index is -0.766. The van der Waals surface area contributed by atoms with Gasteiger partial charge in [0.1, 0.15) is 5.82 Å². The van der Waals surface area contributed by atoms with Crippen LogP contribution in [0.25, 0.3) is 0 Å². The van der Waals surface area contributed by atoms with Gasteiger partial charge in [0.15, 0.2) is 0 Å². The zero-order valence-electron chi connectivity index (χ0n) is 8.88. The Bertz CT molecular complexity index is 406. The fourth-order valence-electron chi connectivity index (χ4n) is 1.93. The highest BCUT2D eigenvalue weighted by molar-refractivity contribution is 9.10. The Morgan fingerprint density at radius 2 is 2.12 bits per heavy atom. The molecular weight excluding hydrogens is 294 g/mol. The van der Waals surface area contributed by atoms with E-state index in [1.165, 1.54) is 0 Å². The van der Waals surface area contributed by atoms with E-state index in [0.717, 1.165) is 12.8 Å². The smallest absolute Gasteiger partial charge is 0.148 e. The maximum absolute atomic E-state index is 13.8. The summed E-state index contributed by atoms with van der Waals surface area (Å²) in [6.07, 6.45) is 1.49. The quantitative estimate of drug-likeness (QED) is 0.825. The zero-order valence-corrected chi connectivity index (χ0v) is 11.2. The fraction of sp³-hybridized carbons (Fsp3) is 0.500. The van der Waals surface area contributed by atoms with E-state index in [1.54, 1.807) is 12.1 Å². The number of aliphatic hydroxyl groups excluding tert-OH is 1. The lowest BCUT2D eigenvalue weighted by molar-refractivity contribution is 0.102. The van der Waals surface area contributed by atoms with Crippen LogP contribution in [-0.2, 0) is 0 Å². The first-order valence-corrected chi connectivity index (χ1v) is 6.51. The van der Waals surface area contributed by atoms with E-state index in [0.29, 0.717) is 16.0 Å². The number of hydrogen-bond donors (Lipinski definition) is 1. The van der Waals surface area contributed by atoms with Crippen LogP contribution in [0.5, 0.6) is 0 Å². The fourth-order valence-corrected chi connectivity index (χ4v) is 2.41. The highest BCUT2D eigenvalue weighted by Gasteiger charge is 2.34. The van der Waals surface area contributed by atoms with E-state index in [1.807, 2.05) is 6.92 Å². The molecule has 2 rings (SSSR count). The highest BCUT2D eigenvalue weighted by Crippen LogP contribution is 2.44. The topological polar surface area (TPSA) is 20.2 Å². The van der Waals surface area contributed by atoms with Crippen molar-refractivity contribution >= 4 is 27.5 Å². The van der Waals surface area contributed by atoms with Gasteiger partial charge in [0.2, 0.25) is 0 Å². The molecule has 1 aromatic rings.